The van der Waals surface area contributed by atoms with Gasteiger partial charge in [0.05, 0.1) is 29.3 Å². The second kappa shape index (κ2) is 7.87. The van der Waals surface area contributed by atoms with E-state index in [1.807, 2.05) is 27.7 Å². The summed E-state index contributed by atoms with van der Waals surface area (Å²) in [6.07, 6.45) is -0.406. The average Bonchev–Trinajstić information content (AvgIpc) is 2.59. The van der Waals surface area contributed by atoms with Crippen molar-refractivity contribution in [3.8, 4) is 0 Å². The highest BCUT2D eigenvalue weighted by molar-refractivity contribution is 7.89. The first kappa shape index (κ1) is 20.3. The highest BCUT2D eigenvalue weighted by Crippen LogP contribution is 2.23. The van der Waals surface area contributed by atoms with Crippen LogP contribution in [0, 0.1) is 0 Å². The van der Waals surface area contributed by atoms with Crippen LogP contribution >= 0.6 is 0 Å². The number of carbonyl (C=O) groups excluding carboxylic acids is 1. The van der Waals surface area contributed by atoms with Crippen LogP contribution in [-0.4, -0.2) is 74.1 Å². The maximum absolute atomic E-state index is 13.1. The van der Waals surface area contributed by atoms with E-state index in [0.29, 0.717) is 31.7 Å². The van der Waals surface area contributed by atoms with E-state index in [9.17, 15) is 13.2 Å². The zero-order valence-electron chi connectivity index (χ0n) is 16.3. The number of benzene rings is 1. The fourth-order valence-corrected chi connectivity index (χ4v) is 5.43. The molecular weight excluding hydrogens is 368 g/mol. The Morgan fingerprint density at radius 2 is 1.44 bits per heavy atom. The summed E-state index contributed by atoms with van der Waals surface area (Å²) in [6.45, 7) is 9.19. The van der Waals surface area contributed by atoms with Crippen LogP contribution in [0.5, 0.6) is 0 Å². The molecule has 0 unspecified atom stereocenters. The molecule has 0 radical (unpaired) electrons. The fraction of sp³-hybridized carbons (Fsp3) is 0.632. The zero-order valence-corrected chi connectivity index (χ0v) is 17.1. The van der Waals surface area contributed by atoms with Crippen molar-refractivity contribution in [1.82, 2.24) is 9.21 Å². The van der Waals surface area contributed by atoms with Crippen LogP contribution in [0.15, 0.2) is 29.2 Å². The standard InChI is InChI=1S/C19H28N2O5S/c1-13-9-20(10-14(2)25-13)19(22)17-6-5-7-18(8-17)27(23,24)21-11-15(3)26-16(4)12-21/h5-8,13-16H,9-12H2,1-4H3/t13-,14+,15-,16-/m0/s1. The van der Waals surface area contributed by atoms with Gasteiger partial charge in [-0.05, 0) is 45.9 Å². The Hall–Kier alpha value is -1.48. The van der Waals surface area contributed by atoms with Crippen LogP contribution in [-0.2, 0) is 19.5 Å². The molecule has 1 amide bonds. The Labute approximate surface area is 161 Å². The minimum atomic E-state index is -3.68. The van der Waals surface area contributed by atoms with Gasteiger partial charge in [-0.25, -0.2) is 8.42 Å². The van der Waals surface area contributed by atoms with E-state index >= 15 is 0 Å². The summed E-state index contributed by atoms with van der Waals surface area (Å²) in [5.74, 6) is -0.169. The summed E-state index contributed by atoms with van der Waals surface area (Å²) in [4.78, 5) is 14.8. The average molecular weight is 397 g/mol. The molecule has 0 N–H and O–H groups in total. The van der Waals surface area contributed by atoms with Gasteiger partial charge in [-0.2, -0.15) is 4.31 Å². The van der Waals surface area contributed by atoms with Crippen molar-refractivity contribution in [2.75, 3.05) is 26.2 Å². The Bertz CT molecular complexity index is 777. The molecular formula is C19H28N2O5S. The third-order valence-corrected chi connectivity index (χ3v) is 6.64. The summed E-state index contributed by atoms with van der Waals surface area (Å²) < 4.78 is 38.9. The molecule has 3 rings (SSSR count). The first-order valence-electron chi connectivity index (χ1n) is 9.37. The maximum atomic E-state index is 13.1. The molecule has 1 aromatic carbocycles. The van der Waals surface area contributed by atoms with Crippen LogP contribution in [0.25, 0.3) is 0 Å². The van der Waals surface area contributed by atoms with Crippen molar-refractivity contribution < 1.29 is 22.7 Å². The monoisotopic (exact) mass is 396 g/mol. The second-order valence-electron chi connectivity index (χ2n) is 7.57. The summed E-state index contributed by atoms with van der Waals surface area (Å²) in [5.41, 5.74) is 0.381. The largest absolute Gasteiger partial charge is 0.373 e. The van der Waals surface area contributed by atoms with Gasteiger partial charge >= 0.3 is 0 Å². The number of sulfonamides is 1. The molecule has 7 nitrogen and oxygen atoms in total. The van der Waals surface area contributed by atoms with Gasteiger partial charge in [0.2, 0.25) is 10.0 Å². The van der Waals surface area contributed by atoms with Gasteiger partial charge in [-0.3, -0.25) is 4.79 Å². The quantitative estimate of drug-likeness (QED) is 0.778. The molecule has 0 bridgehead atoms. The molecule has 27 heavy (non-hydrogen) atoms. The predicted octanol–water partition coefficient (Wildman–Crippen LogP) is 1.73. The Morgan fingerprint density at radius 1 is 0.926 bits per heavy atom. The van der Waals surface area contributed by atoms with Gasteiger partial charge in [0.15, 0.2) is 0 Å². The van der Waals surface area contributed by atoms with Crippen molar-refractivity contribution in [3.05, 3.63) is 29.8 Å². The van der Waals surface area contributed by atoms with Gasteiger partial charge < -0.3 is 14.4 Å². The first-order chi connectivity index (χ1) is 12.7. The molecule has 0 aliphatic carbocycles. The number of rotatable bonds is 3. The Morgan fingerprint density at radius 3 is 2.00 bits per heavy atom. The van der Waals surface area contributed by atoms with Crippen LogP contribution in [0.2, 0.25) is 0 Å². The van der Waals surface area contributed by atoms with Crippen LogP contribution in [0.1, 0.15) is 38.1 Å². The van der Waals surface area contributed by atoms with Crippen molar-refractivity contribution >= 4 is 15.9 Å². The van der Waals surface area contributed by atoms with Crippen molar-refractivity contribution in [2.24, 2.45) is 0 Å². The Kier molecular flexibility index (Phi) is 5.90. The number of morpholine rings is 2. The van der Waals surface area contributed by atoms with E-state index in [1.54, 1.807) is 23.1 Å². The first-order valence-corrected chi connectivity index (χ1v) is 10.8. The number of amides is 1. The lowest BCUT2D eigenvalue weighted by Gasteiger charge is -2.35. The summed E-state index contributed by atoms with van der Waals surface area (Å²) >= 11 is 0. The van der Waals surface area contributed by atoms with E-state index in [-0.39, 0.29) is 35.2 Å². The number of hydrogen-bond acceptors (Lipinski definition) is 5. The van der Waals surface area contributed by atoms with Crippen molar-refractivity contribution in [2.45, 2.75) is 57.0 Å². The molecule has 2 fully saturated rings. The number of ether oxygens (including phenoxy) is 2. The molecule has 2 heterocycles. The molecule has 2 saturated heterocycles. The van der Waals surface area contributed by atoms with E-state index in [4.69, 9.17) is 9.47 Å². The summed E-state index contributed by atoms with van der Waals surface area (Å²) in [5, 5.41) is 0. The number of nitrogens with zero attached hydrogens (tertiary/aromatic N) is 2. The predicted molar refractivity (Wildman–Crippen MR) is 101 cm³/mol. The van der Waals surface area contributed by atoms with Crippen molar-refractivity contribution in [1.29, 1.82) is 0 Å². The molecule has 8 heteroatoms. The lowest BCUT2D eigenvalue weighted by molar-refractivity contribution is -0.0586. The van der Waals surface area contributed by atoms with E-state index < -0.39 is 10.0 Å². The molecule has 0 aromatic heterocycles. The topological polar surface area (TPSA) is 76.2 Å². The highest BCUT2D eigenvalue weighted by atomic mass is 32.2. The zero-order chi connectivity index (χ0) is 19.8. The molecule has 4 atom stereocenters. The smallest absolute Gasteiger partial charge is 0.254 e. The summed E-state index contributed by atoms with van der Waals surface area (Å²) in [7, 11) is -3.68. The summed E-state index contributed by atoms with van der Waals surface area (Å²) in [6, 6.07) is 6.31. The molecule has 1 aromatic rings. The fourth-order valence-electron chi connectivity index (χ4n) is 3.79. The second-order valence-corrected chi connectivity index (χ2v) is 9.51. The van der Waals surface area contributed by atoms with Crippen LogP contribution < -0.4 is 0 Å². The van der Waals surface area contributed by atoms with Crippen molar-refractivity contribution in [3.63, 3.8) is 0 Å². The number of hydrogen-bond donors (Lipinski definition) is 0. The molecule has 0 spiro atoms. The van der Waals surface area contributed by atoms with E-state index in [0.717, 1.165) is 0 Å². The SMILES string of the molecule is C[C@@H]1CN(C(=O)c2cccc(S(=O)(=O)N3C[C@H](C)O[C@@H](C)C3)c2)C[C@H](C)O1. The minimum absolute atomic E-state index is 0.0408. The minimum Gasteiger partial charge on any atom is -0.373 e. The highest BCUT2D eigenvalue weighted by Gasteiger charge is 2.33. The molecule has 0 saturated carbocycles. The van der Waals surface area contributed by atoms with Gasteiger partial charge in [0.25, 0.3) is 5.91 Å². The van der Waals surface area contributed by atoms with Gasteiger partial charge in [-0.1, -0.05) is 6.07 Å². The molecule has 2 aliphatic heterocycles. The van der Waals surface area contributed by atoms with Gasteiger partial charge in [-0.15, -0.1) is 0 Å². The Balaban J connectivity index is 1.83. The van der Waals surface area contributed by atoms with Gasteiger partial charge in [0.1, 0.15) is 0 Å². The third-order valence-electron chi connectivity index (χ3n) is 4.81. The maximum Gasteiger partial charge on any atom is 0.254 e. The normalized spacial score (nSPS) is 30.3. The third kappa shape index (κ3) is 4.51. The molecule has 2 aliphatic rings. The lowest BCUT2D eigenvalue weighted by atomic mass is 10.1. The van der Waals surface area contributed by atoms with Crippen LogP contribution in [0.3, 0.4) is 0 Å². The van der Waals surface area contributed by atoms with Crippen LogP contribution in [0.4, 0.5) is 0 Å². The molecule has 150 valence electrons. The lowest BCUT2D eigenvalue weighted by Crippen LogP contribution is -2.48. The number of carbonyl (C=O) groups is 1. The van der Waals surface area contributed by atoms with E-state index in [1.165, 1.54) is 10.4 Å². The van der Waals surface area contributed by atoms with Gasteiger partial charge in [0, 0.05) is 31.7 Å². The van der Waals surface area contributed by atoms with E-state index in [2.05, 4.69) is 0 Å².